The van der Waals surface area contributed by atoms with Gasteiger partial charge in [0.15, 0.2) is 0 Å². The van der Waals surface area contributed by atoms with Crippen molar-refractivity contribution >= 4 is 5.97 Å². The van der Waals surface area contributed by atoms with Gasteiger partial charge >= 0.3 is 5.97 Å². The zero-order valence-corrected chi connectivity index (χ0v) is 11.6. The topological polar surface area (TPSA) is 35.5 Å². The molecule has 0 N–H and O–H groups in total. The lowest BCUT2D eigenvalue weighted by Crippen LogP contribution is -2.03. The fraction of sp³-hybridized carbons (Fsp3) is 0.438. The summed E-state index contributed by atoms with van der Waals surface area (Å²) in [6.07, 6.45) is 7.25. The van der Waals surface area contributed by atoms with Crippen LogP contribution in [0.4, 0.5) is 0 Å². The zero-order valence-electron chi connectivity index (χ0n) is 11.6. The number of hydrogen-bond acceptors (Lipinski definition) is 3. The number of carbonyl (C=O) groups is 1. The quantitative estimate of drug-likeness (QED) is 0.290. The number of esters is 1. The van der Waals surface area contributed by atoms with Crippen LogP contribution in [0.2, 0.25) is 0 Å². The Kier molecular flexibility index (Phi) is 7.40. The summed E-state index contributed by atoms with van der Waals surface area (Å²) in [5.74, 6) is 0.846. The molecule has 104 valence electrons. The highest BCUT2D eigenvalue weighted by Gasteiger charge is 2.00. The minimum Gasteiger partial charge on any atom is -0.494 e. The van der Waals surface area contributed by atoms with Gasteiger partial charge in [-0.15, -0.1) is 0 Å². The summed E-state index contributed by atoms with van der Waals surface area (Å²) in [6, 6.07) is 7.04. The molecule has 0 fully saturated rings. The van der Waals surface area contributed by atoms with Crippen molar-refractivity contribution in [2.24, 2.45) is 0 Å². The van der Waals surface area contributed by atoms with E-state index >= 15 is 0 Å². The molecule has 0 saturated carbocycles. The predicted octanol–water partition coefficient (Wildman–Crippen LogP) is 4.13. The first-order valence-electron chi connectivity index (χ1n) is 6.83. The van der Waals surface area contributed by atoms with Crippen LogP contribution in [0.5, 0.6) is 11.5 Å². The minimum absolute atomic E-state index is 0.454. The number of unbranched alkanes of at least 4 members (excludes halogenated alkanes) is 4. The van der Waals surface area contributed by atoms with Gasteiger partial charge in [-0.3, -0.25) is 0 Å². The van der Waals surface area contributed by atoms with Crippen LogP contribution in [0.3, 0.4) is 0 Å². The van der Waals surface area contributed by atoms with E-state index in [9.17, 15) is 4.79 Å². The lowest BCUT2D eigenvalue weighted by Gasteiger charge is -2.07. The van der Waals surface area contributed by atoms with E-state index in [2.05, 4.69) is 13.5 Å². The molecule has 0 heterocycles. The number of carbonyl (C=O) groups excluding carboxylic acids is 1. The van der Waals surface area contributed by atoms with Gasteiger partial charge in [-0.25, -0.2) is 4.79 Å². The molecule has 1 aromatic carbocycles. The number of hydrogen-bond donors (Lipinski definition) is 0. The summed E-state index contributed by atoms with van der Waals surface area (Å²) in [7, 11) is 0. The summed E-state index contributed by atoms with van der Waals surface area (Å²) < 4.78 is 10.6. The molecular formula is C16H22O3. The van der Waals surface area contributed by atoms with Crippen LogP contribution in [0.25, 0.3) is 0 Å². The van der Waals surface area contributed by atoms with Gasteiger partial charge in [0.2, 0.25) is 0 Å². The Hall–Kier alpha value is -1.77. The van der Waals surface area contributed by atoms with Gasteiger partial charge in [0.05, 0.1) is 6.61 Å². The van der Waals surface area contributed by atoms with Gasteiger partial charge in [-0.1, -0.05) is 39.2 Å². The van der Waals surface area contributed by atoms with E-state index in [-0.39, 0.29) is 0 Å². The fourth-order valence-electron chi connectivity index (χ4n) is 1.66. The molecule has 0 bridgehead atoms. The Labute approximate surface area is 115 Å². The Balaban J connectivity index is 2.24. The SMILES string of the molecule is C=CC(=O)Oc1ccc(OCCCCCCC)cc1. The maximum atomic E-state index is 11.0. The molecule has 3 nitrogen and oxygen atoms in total. The molecule has 0 saturated heterocycles. The highest BCUT2D eigenvalue weighted by molar-refractivity contribution is 5.83. The Morgan fingerprint density at radius 2 is 1.74 bits per heavy atom. The maximum Gasteiger partial charge on any atom is 0.335 e. The van der Waals surface area contributed by atoms with Gasteiger partial charge in [0, 0.05) is 6.08 Å². The average molecular weight is 262 g/mol. The molecule has 0 radical (unpaired) electrons. The Morgan fingerprint density at radius 3 is 2.37 bits per heavy atom. The van der Waals surface area contributed by atoms with Crippen LogP contribution >= 0.6 is 0 Å². The van der Waals surface area contributed by atoms with Crippen LogP contribution in [0, 0.1) is 0 Å². The highest BCUT2D eigenvalue weighted by Crippen LogP contribution is 2.18. The second-order valence-corrected chi connectivity index (χ2v) is 4.36. The lowest BCUT2D eigenvalue weighted by atomic mass is 10.2. The van der Waals surface area contributed by atoms with Crippen molar-refractivity contribution in [3.63, 3.8) is 0 Å². The summed E-state index contributed by atoms with van der Waals surface area (Å²) in [5, 5.41) is 0. The van der Waals surface area contributed by atoms with Gasteiger partial charge in [0.1, 0.15) is 11.5 Å². The fourth-order valence-corrected chi connectivity index (χ4v) is 1.66. The molecule has 0 aliphatic carbocycles. The Morgan fingerprint density at radius 1 is 1.11 bits per heavy atom. The molecule has 0 amide bonds. The average Bonchev–Trinajstić information content (AvgIpc) is 2.44. The monoisotopic (exact) mass is 262 g/mol. The van der Waals surface area contributed by atoms with Gasteiger partial charge in [-0.2, -0.15) is 0 Å². The van der Waals surface area contributed by atoms with Crippen molar-refractivity contribution in [1.82, 2.24) is 0 Å². The first kappa shape index (κ1) is 15.3. The molecule has 1 rings (SSSR count). The van der Waals surface area contributed by atoms with Crippen molar-refractivity contribution in [2.45, 2.75) is 39.0 Å². The molecule has 0 aliphatic heterocycles. The van der Waals surface area contributed by atoms with Crippen LogP contribution in [0.15, 0.2) is 36.9 Å². The van der Waals surface area contributed by atoms with Crippen molar-refractivity contribution < 1.29 is 14.3 Å². The molecule has 19 heavy (non-hydrogen) atoms. The Bertz CT molecular complexity index is 381. The zero-order chi connectivity index (χ0) is 13.9. The molecule has 3 heteroatoms. The van der Waals surface area contributed by atoms with E-state index in [1.54, 1.807) is 24.3 Å². The summed E-state index contributed by atoms with van der Waals surface area (Å²) in [4.78, 5) is 11.0. The van der Waals surface area contributed by atoms with Gasteiger partial charge in [0.25, 0.3) is 0 Å². The van der Waals surface area contributed by atoms with E-state index < -0.39 is 5.97 Å². The first-order valence-corrected chi connectivity index (χ1v) is 6.83. The third kappa shape index (κ3) is 6.65. The van der Waals surface area contributed by atoms with Crippen LogP contribution in [0.1, 0.15) is 39.0 Å². The van der Waals surface area contributed by atoms with Crippen molar-refractivity contribution in [3.8, 4) is 11.5 Å². The van der Waals surface area contributed by atoms with Gasteiger partial charge < -0.3 is 9.47 Å². The standard InChI is InChI=1S/C16H22O3/c1-3-5-6-7-8-13-18-14-9-11-15(12-10-14)19-16(17)4-2/h4,9-12H,2-3,5-8,13H2,1H3. The number of ether oxygens (including phenoxy) is 2. The van der Waals surface area contributed by atoms with Gasteiger partial charge in [-0.05, 0) is 30.7 Å². The lowest BCUT2D eigenvalue weighted by molar-refractivity contribution is -0.128. The van der Waals surface area contributed by atoms with Crippen molar-refractivity contribution in [3.05, 3.63) is 36.9 Å². The van der Waals surface area contributed by atoms with Crippen LogP contribution in [-0.2, 0) is 4.79 Å². The van der Waals surface area contributed by atoms with E-state index in [1.165, 1.54) is 25.7 Å². The molecule has 0 atom stereocenters. The molecule has 0 spiro atoms. The van der Waals surface area contributed by atoms with E-state index in [4.69, 9.17) is 9.47 Å². The van der Waals surface area contributed by atoms with Crippen molar-refractivity contribution in [2.75, 3.05) is 6.61 Å². The maximum absolute atomic E-state index is 11.0. The third-order valence-corrected chi connectivity index (χ3v) is 2.73. The van der Waals surface area contributed by atoms with Crippen LogP contribution in [-0.4, -0.2) is 12.6 Å². The normalized spacial score (nSPS) is 9.95. The molecule has 0 unspecified atom stereocenters. The van der Waals surface area contributed by atoms with Crippen LogP contribution < -0.4 is 9.47 Å². The smallest absolute Gasteiger partial charge is 0.335 e. The molecule has 0 aromatic heterocycles. The first-order chi connectivity index (χ1) is 9.26. The van der Waals surface area contributed by atoms with Crippen molar-refractivity contribution in [1.29, 1.82) is 0 Å². The van der Waals surface area contributed by atoms with E-state index in [0.717, 1.165) is 24.9 Å². The second kappa shape index (κ2) is 9.20. The molecular weight excluding hydrogens is 240 g/mol. The summed E-state index contributed by atoms with van der Waals surface area (Å²) >= 11 is 0. The molecule has 0 aliphatic rings. The summed E-state index contributed by atoms with van der Waals surface area (Å²) in [6.45, 7) is 6.28. The number of rotatable bonds is 9. The van der Waals surface area contributed by atoms with E-state index in [0.29, 0.717) is 5.75 Å². The minimum atomic E-state index is -0.454. The third-order valence-electron chi connectivity index (χ3n) is 2.73. The predicted molar refractivity (Wildman–Crippen MR) is 76.5 cm³/mol. The molecule has 1 aromatic rings. The number of benzene rings is 1. The highest BCUT2D eigenvalue weighted by atomic mass is 16.5. The summed E-state index contributed by atoms with van der Waals surface area (Å²) in [5.41, 5.74) is 0. The van der Waals surface area contributed by atoms with E-state index in [1.807, 2.05) is 0 Å². The largest absolute Gasteiger partial charge is 0.494 e. The second-order valence-electron chi connectivity index (χ2n) is 4.36.